The van der Waals surface area contributed by atoms with Gasteiger partial charge in [0.15, 0.2) is 0 Å². The second-order valence-electron chi connectivity index (χ2n) is 5.84. The molecule has 0 saturated heterocycles. The van der Waals surface area contributed by atoms with Gasteiger partial charge in [-0.15, -0.1) is 0 Å². The van der Waals surface area contributed by atoms with Gasteiger partial charge in [-0.2, -0.15) is 30.0 Å². The van der Waals surface area contributed by atoms with E-state index in [1.54, 1.807) is 34.6 Å². The molecular formula is C19H17F3N2OS. The molecule has 0 fully saturated rings. The van der Waals surface area contributed by atoms with Crippen LogP contribution in [-0.4, -0.2) is 21.8 Å². The number of nitrogens with zero attached hydrogens (tertiary/aromatic N) is 2. The third kappa shape index (κ3) is 3.77. The van der Waals surface area contributed by atoms with Gasteiger partial charge in [-0.05, 0) is 42.7 Å². The highest BCUT2D eigenvalue weighted by Crippen LogP contribution is 2.31. The molecule has 2 aromatic carbocycles. The van der Waals surface area contributed by atoms with Crippen LogP contribution in [0.15, 0.2) is 53.3 Å². The van der Waals surface area contributed by atoms with Crippen LogP contribution in [0.25, 0.3) is 22.2 Å². The van der Waals surface area contributed by atoms with E-state index in [1.807, 2.05) is 12.3 Å². The lowest BCUT2D eigenvalue weighted by Crippen LogP contribution is -2.17. The van der Waals surface area contributed by atoms with Gasteiger partial charge in [0.1, 0.15) is 5.69 Å². The summed E-state index contributed by atoms with van der Waals surface area (Å²) in [6.07, 6.45) is -1.61. The molecule has 3 nitrogen and oxygen atoms in total. The summed E-state index contributed by atoms with van der Waals surface area (Å²) in [5.41, 5.74) is -0.248. The fourth-order valence-corrected chi connectivity index (χ4v) is 3.22. The first-order valence-corrected chi connectivity index (χ1v) is 9.47. The zero-order valence-electron chi connectivity index (χ0n) is 14.1. The number of alkyl halides is 3. The van der Waals surface area contributed by atoms with Gasteiger partial charge in [-0.25, -0.2) is 0 Å². The van der Waals surface area contributed by atoms with Crippen LogP contribution in [0.2, 0.25) is 0 Å². The molecule has 0 radical (unpaired) electrons. The van der Waals surface area contributed by atoms with Crippen LogP contribution in [0, 0.1) is 0 Å². The van der Waals surface area contributed by atoms with Gasteiger partial charge in [0, 0.05) is 17.5 Å². The maximum atomic E-state index is 13.0. The molecule has 1 heterocycles. The molecule has 0 atom stereocenters. The van der Waals surface area contributed by atoms with Crippen molar-refractivity contribution in [3.8, 4) is 11.3 Å². The standard InChI is InChI=1S/C19H17F3N2OS/c1-26-11-5-10-24-16-9-3-2-8-15(16)18(25)17(23-24)13-6-4-7-14(12-13)19(20,21)22/h2-4,6-9,12H,5,10-11H2,1H3. The molecule has 7 heteroatoms. The fraction of sp³-hybridized carbons (Fsp3) is 0.263. The van der Waals surface area contributed by atoms with Crippen LogP contribution in [0.4, 0.5) is 13.2 Å². The molecule has 26 heavy (non-hydrogen) atoms. The van der Waals surface area contributed by atoms with Gasteiger partial charge in [-0.3, -0.25) is 9.48 Å². The molecule has 3 aromatic rings. The molecule has 136 valence electrons. The van der Waals surface area contributed by atoms with E-state index >= 15 is 0 Å². The SMILES string of the molecule is CSCCCn1nc(-c2cccc(C(F)(F)F)c2)c(=O)c2ccccc21. The Labute approximate surface area is 152 Å². The summed E-state index contributed by atoms with van der Waals surface area (Å²) in [7, 11) is 0. The molecule has 0 bridgehead atoms. The largest absolute Gasteiger partial charge is 0.416 e. The summed E-state index contributed by atoms with van der Waals surface area (Å²) in [5, 5.41) is 4.85. The number of aromatic nitrogens is 2. The third-order valence-electron chi connectivity index (χ3n) is 4.04. The first-order chi connectivity index (χ1) is 12.4. The highest BCUT2D eigenvalue weighted by Gasteiger charge is 2.30. The van der Waals surface area contributed by atoms with Gasteiger partial charge >= 0.3 is 6.18 Å². The number of benzene rings is 2. The van der Waals surface area contributed by atoms with Crippen molar-refractivity contribution < 1.29 is 13.2 Å². The van der Waals surface area contributed by atoms with Crippen molar-refractivity contribution in [1.29, 1.82) is 0 Å². The number of hydrogen-bond donors (Lipinski definition) is 0. The summed E-state index contributed by atoms with van der Waals surface area (Å²) < 4.78 is 40.8. The van der Waals surface area contributed by atoms with E-state index in [2.05, 4.69) is 5.10 Å². The van der Waals surface area contributed by atoms with Crippen LogP contribution in [0.1, 0.15) is 12.0 Å². The van der Waals surface area contributed by atoms with E-state index in [1.165, 1.54) is 12.1 Å². The number of hydrogen-bond acceptors (Lipinski definition) is 3. The lowest BCUT2D eigenvalue weighted by atomic mass is 10.1. The number of aryl methyl sites for hydroxylation is 1. The van der Waals surface area contributed by atoms with Crippen LogP contribution in [0.5, 0.6) is 0 Å². The van der Waals surface area contributed by atoms with Crippen molar-refractivity contribution in [2.24, 2.45) is 0 Å². The smallest absolute Gasteiger partial charge is 0.287 e. The summed E-state index contributed by atoms with van der Waals surface area (Å²) in [4.78, 5) is 12.8. The van der Waals surface area contributed by atoms with Crippen molar-refractivity contribution in [3.05, 3.63) is 64.3 Å². The van der Waals surface area contributed by atoms with Gasteiger partial charge < -0.3 is 0 Å². The molecule has 0 unspecified atom stereocenters. The second kappa shape index (κ2) is 7.53. The zero-order valence-corrected chi connectivity index (χ0v) is 14.9. The molecule has 0 saturated carbocycles. The predicted octanol–water partition coefficient (Wildman–Crippen LogP) is 4.84. The first kappa shape index (κ1) is 18.5. The number of fused-ring (bicyclic) bond motifs is 1. The number of rotatable bonds is 5. The van der Waals surface area contributed by atoms with E-state index in [4.69, 9.17) is 0 Å². The van der Waals surface area contributed by atoms with Crippen LogP contribution in [-0.2, 0) is 12.7 Å². The molecule has 0 N–H and O–H groups in total. The lowest BCUT2D eigenvalue weighted by molar-refractivity contribution is -0.137. The van der Waals surface area contributed by atoms with Crippen molar-refractivity contribution >= 4 is 22.7 Å². The number of halogens is 3. The Balaban J connectivity index is 2.17. The topological polar surface area (TPSA) is 34.9 Å². The molecule has 0 aliphatic carbocycles. The van der Waals surface area contributed by atoms with Crippen molar-refractivity contribution in [1.82, 2.24) is 9.78 Å². The highest BCUT2D eigenvalue weighted by molar-refractivity contribution is 7.98. The van der Waals surface area contributed by atoms with Crippen LogP contribution in [0.3, 0.4) is 0 Å². The highest BCUT2D eigenvalue weighted by atomic mass is 32.2. The van der Waals surface area contributed by atoms with Gasteiger partial charge in [0.2, 0.25) is 5.43 Å². The van der Waals surface area contributed by atoms with E-state index < -0.39 is 11.7 Å². The third-order valence-corrected chi connectivity index (χ3v) is 4.74. The minimum atomic E-state index is -4.47. The van der Waals surface area contributed by atoms with Crippen LogP contribution >= 0.6 is 11.8 Å². The fourth-order valence-electron chi connectivity index (χ4n) is 2.80. The quantitative estimate of drug-likeness (QED) is 0.596. The molecule has 0 aliphatic rings. The Morgan fingerprint density at radius 1 is 1.12 bits per heavy atom. The molecule has 0 amide bonds. The monoisotopic (exact) mass is 378 g/mol. The number of para-hydroxylation sites is 1. The Morgan fingerprint density at radius 3 is 2.62 bits per heavy atom. The summed E-state index contributed by atoms with van der Waals surface area (Å²) in [6, 6.07) is 11.8. The molecule has 3 rings (SSSR count). The maximum absolute atomic E-state index is 13.0. The molecule has 0 aliphatic heterocycles. The number of thioether (sulfide) groups is 1. The Kier molecular flexibility index (Phi) is 5.36. The minimum absolute atomic E-state index is 0.0407. The van der Waals surface area contributed by atoms with E-state index in [0.717, 1.165) is 24.3 Å². The van der Waals surface area contributed by atoms with Crippen molar-refractivity contribution in [2.45, 2.75) is 19.1 Å². The summed E-state index contributed by atoms with van der Waals surface area (Å²) in [5.74, 6) is 0.932. The second-order valence-corrected chi connectivity index (χ2v) is 6.83. The average Bonchev–Trinajstić information content (AvgIpc) is 2.63. The molecule has 0 spiro atoms. The van der Waals surface area contributed by atoms with E-state index in [0.29, 0.717) is 17.4 Å². The summed E-state index contributed by atoms with van der Waals surface area (Å²) in [6.45, 7) is 0.591. The summed E-state index contributed by atoms with van der Waals surface area (Å²) >= 11 is 1.71. The average molecular weight is 378 g/mol. The lowest BCUT2D eigenvalue weighted by Gasteiger charge is -2.13. The van der Waals surface area contributed by atoms with Gasteiger partial charge in [0.05, 0.1) is 11.1 Å². The van der Waals surface area contributed by atoms with E-state index in [9.17, 15) is 18.0 Å². The molecule has 1 aromatic heterocycles. The van der Waals surface area contributed by atoms with Gasteiger partial charge in [-0.1, -0.05) is 24.3 Å². The van der Waals surface area contributed by atoms with Crippen molar-refractivity contribution in [2.75, 3.05) is 12.0 Å². The molecular weight excluding hydrogens is 361 g/mol. The maximum Gasteiger partial charge on any atom is 0.416 e. The van der Waals surface area contributed by atoms with E-state index in [-0.39, 0.29) is 16.7 Å². The zero-order chi connectivity index (χ0) is 18.7. The van der Waals surface area contributed by atoms with Crippen molar-refractivity contribution in [3.63, 3.8) is 0 Å². The Hall–Kier alpha value is -2.28. The van der Waals surface area contributed by atoms with Gasteiger partial charge in [0.25, 0.3) is 0 Å². The van der Waals surface area contributed by atoms with Crippen LogP contribution < -0.4 is 5.43 Å². The minimum Gasteiger partial charge on any atom is -0.287 e. The predicted molar refractivity (Wildman–Crippen MR) is 99.4 cm³/mol. The Bertz CT molecular complexity index is 982. The normalized spacial score (nSPS) is 11.8. The Morgan fingerprint density at radius 2 is 1.88 bits per heavy atom. The first-order valence-electron chi connectivity index (χ1n) is 8.08.